The number of benzene rings is 5. The zero-order chi connectivity index (χ0) is 55.4. The van der Waals surface area contributed by atoms with Crippen LogP contribution in [-0.4, -0.2) is 136 Å². The van der Waals surface area contributed by atoms with Gasteiger partial charge in [0.2, 0.25) is 11.8 Å². The summed E-state index contributed by atoms with van der Waals surface area (Å²) in [5, 5.41) is 2.95. The summed E-state index contributed by atoms with van der Waals surface area (Å²) in [4.78, 5) is 79.1. The highest BCUT2D eigenvalue weighted by Crippen LogP contribution is 2.43. The molecule has 5 aromatic rings. The van der Waals surface area contributed by atoms with Gasteiger partial charge < -0.3 is 43.5 Å². The number of amides is 4. The zero-order valence-electron chi connectivity index (χ0n) is 45.7. The van der Waals surface area contributed by atoms with Gasteiger partial charge in [-0.2, -0.15) is 0 Å². The summed E-state index contributed by atoms with van der Waals surface area (Å²) in [6.07, 6.45) is 3.45. The van der Waals surface area contributed by atoms with Gasteiger partial charge in [-0.05, 0) is 104 Å². The van der Waals surface area contributed by atoms with Crippen molar-refractivity contribution in [3.8, 4) is 17.2 Å². The van der Waals surface area contributed by atoms with E-state index in [1.54, 1.807) is 31.3 Å². The first-order valence-corrected chi connectivity index (χ1v) is 27.8. The molecule has 0 aliphatic carbocycles. The highest BCUT2D eigenvalue weighted by Gasteiger charge is 2.43. The molecule has 414 valence electrons. The van der Waals surface area contributed by atoms with Crippen LogP contribution in [0.25, 0.3) is 0 Å². The van der Waals surface area contributed by atoms with Crippen molar-refractivity contribution in [2.45, 2.75) is 88.7 Å². The molecule has 0 spiro atoms. The van der Waals surface area contributed by atoms with Crippen molar-refractivity contribution in [2.24, 2.45) is 4.99 Å². The summed E-state index contributed by atoms with van der Waals surface area (Å²) in [5.74, 6) is 0.567. The standard InChI is InChI=1S/C61H68N6O11S/c1-38-23-47-49(62-33-45-27-42-11-7-9-13-51(42)66(45)58(47)70)30-53(38)77-35-40-24-41(36-78-55-31-50-48(29-54(55)74-6)59(71)67-46(34-63-50)28-43-12-8-10-14-52(43)67)26-44(25-40)64(17-18-75-21-22-76-20-19-73-5)37-61(3,4)79-56-32-57(69)65(60(56)72)16-15-39(2)68/h7-14,23-26,29-31,34,45-46,56,62H,15-22,27-28,32-33,35-37H2,1-6H3/t45-,46-,56?/m0/s1. The Kier molecular flexibility index (Phi) is 16.7. The number of likely N-dealkylation sites (tertiary alicyclic amines) is 1. The van der Waals surface area contributed by atoms with Crippen LogP contribution in [0.5, 0.6) is 17.2 Å². The van der Waals surface area contributed by atoms with Crippen molar-refractivity contribution in [1.82, 2.24) is 4.90 Å². The van der Waals surface area contributed by atoms with E-state index in [1.807, 2.05) is 78.7 Å². The highest BCUT2D eigenvalue weighted by atomic mass is 32.2. The zero-order valence-corrected chi connectivity index (χ0v) is 46.5. The first-order chi connectivity index (χ1) is 38.2. The number of imide groups is 1. The van der Waals surface area contributed by atoms with Crippen molar-refractivity contribution in [1.29, 1.82) is 0 Å². The molecule has 5 heterocycles. The maximum Gasteiger partial charge on any atom is 0.261 e. The quantitative estimate of drug-likeness (QED) is 0.0459. The van der Waals surface area contributed by atoms with Crippen LogP contribution in [0.2, 0.25) is 0 Å². The first kappa shape index (κ1) is 55.1. The number of ether oxygens (including phenoxy) is 6. The van der Waals surface area contributed by atoms with Gasteiger partial charge in [-0.25, -0.2) is 0 Å². The predicted molar refractivity (Wildman–Crippen MR) is 305 cm³/mol. The molecule has 1 N–H and O–H groups in total. The van der Waals surface area contributed by atoms with Gasteiger partial charge in [0.15, 0.2) is 11.5 Å². The summed E-state index contributed by atoms with van der Waals surface area (Å²) < 4.78 is 35.6. The number of Topliss-reactive ketones (excluding diaryl/α,β-unsaturated/α-hetero) is 1. The summed E-state index contributed by atoms with van der Waals surface area (Å²) in [6, 6.07) is 29.2. The fraction of sp³-hybridized carbons (Fsp3) is 0.410. The van der Waals surface area contributed by atoms with Gasteiger partial charge in [0.1, 0.15) is 24.7 Å². The molecule has 0 radical (unpaired) electrons. The lowest BCUT2D eigenvalue weighted by atomic mass is 10.1. The molecule has 0 bridgehead atoms. The molecular formula is C61H68N6O11S. The molecule has 10 rings (SSSR count). The van der Waals surface area contributed by atoms with E-state index in [9.17, 15) is 24.0 Å². The Hall–Kier alpha value is -7.25. The van der Waals surface area contributed by atoms with E-state index in [4.69, 9.17) is 33.4 Å². The topological polar surface area (TPSA) is 178 Å². The Labute approximate surface area is 465 Å². The second-order valence-electron chi connectivity index (χ2n) is 21.2. The summed E-state index contributed by atoms with van der Waals surface area (Å²) in [6.45, 7) is 11.4. The lowest BCUT2D eigenvalue weighted by Crippen LogP contribution is -2.41. The highest BCUT2D eigenvalue weighted by molar-refractivity contribution is 8.02. The molecule has 17 nitrogen and oxygen atoms in total. The third kappa shape index (κ3) is 12.2. The lowest BCUT2D eigenvalue weighted by molar-refractivity contribution is -0.138. The number of rotatable bonds is 24. The molecule has 1 saturated heterocycles. The van der Waals surface area contributed by atoms with Crippen LogP contribution in [0.3, 0.4) is 0 Å². The largest absolute Gasteiger partial charge is 0.493 e. The Bertz CT molecular complexity index is 3180. The fourth-order valence-corrected chi connectivity index (χ4v) is 12.6. The number of hydrogen-bond acceptors (Lipinski definition) is 15. The van der Waals surface area contributed by atoms with Gasteiger partial charge in [-0.15, -0.1) is 11.8 Å². The van der Waals surface area contributed by atoms with Crippen LogP contribution in [0.15, 0.2) is 96.0 Å². The number of hydrogen-bond donors (Lipinski definition) is 1. The van der Waals surface area contributed by atoms with Crippen LogP contribution in [0, 0.1) is 6.92 Å². The van der Waals surface area contributed by atoms with E-state index in [0.717, 1.165) is 51.3 Å². The normalized spacial score (nSPS) is 18.1. The van der Waals surface area contributed by atoms with Gasteiger partial charge in [-0.3, -0.25) is 38.8 Å². The Morgan fingerprint density at radius 3 is 2.15 bits per heavy atom. The second-order valence-corrected chi connectivity index (χ2v) is 23.1. The third-order valence-corrected chi connectivity index (χ3v) is 16.3. The number of ketones is 1. The number of nitrogens with one attached hydrogen (secondary N) is 1. The van der Waals surface area contributed by atoms with E-state index < -0.39 is 10.00 Å². The van der Waals surface area contributed by atoms with Gasteiger partial charge in [0, 0.05) is 92.7 Å². The van der Waals surface area contributed by atoms with Crippen LogP contribution in [0.4, 0.5) is 28.4 Å². The number of aliphatic imine (C=N–C) groups is 1. The number of nitrogens with zero attached hydrogens (tertiary/aromatic N) is 5. The molecule has 5 aliphatic rings. The van der Waals surface area contributed by atoms with Gasteiger partial charge in [-0.1, -0.05) is 36.4 Å². The lowest BCUT2D eigenvalue weighted by Gasteiger charge is -2.35. The molecule has 1 fully saturated rings. The molecule has 0 saturated carbocycles. The van der Waals surface area contributed by atoms with E-state index in [-0.39, 0.29) is 74.1 Å². The summed E-state index contributed by atoms with van der Waals surface area (Å²) >= 11 is 1.45. The maximum atomic E-state index is 14.2. The number of aryl methyl sites for hydroxylation is 1. The van der Waals surface area contributed by atoms with Gasteiger partial charge >= 0.3 is 0 Å². The molecule has 1 unspecified atom stereocenters. The van der Waals surface area contributed by atoms with Crippen LogP contribution in [0.1, 0.15) is 82.1 Å². The van der Waals surface area contributed by atoms with Crippen molar-refractivity contribution >= 4 is 75.8 Å². The minimum Gasteiger partial charge on any atom is -0.493 e. The maximum absolute atomic E-state index is 14.2. The molecule has 5 aromatic carbocycles. The number of para-hydroxylation sites is 2. The summed E-state index contributed by atoms with van der Waals surface area (Å²) in [5.41, 5.74) is 9.55. The van der Waals surface area contributed by atoms with Gasteiger partial charge in [0.25, 0.3) is 11.8 Å². The molecule has 79 heavy (non-hydrogen) atoms. The number of anilines is 4. The molecular weight excluding hydrogens is 1020 g/mol. The third-order valence-electron chi connectivity index (χ3n) is 14.9. The molecule has 3 atom stereocenters. The van der Waals surface area contributed by atoms with E-state index in [2.05, 4.69) is 42.3 Å². The second kappa shape index (κ2) is 24.0. The summed E-state index contributed by atoms with van der Waals surface area (Å²) in [7, 11) is 3.17. The van der Waals surface area contributed by atoms with Crippen LogP contribution < -0.4 is 34.2 Å². The Balaban J connectivity index is 0.943. The molecule has 18 heteroatoms. The average molecular weight is 1090 g/mol. The number of methoxy groups -OCH3 is 2. The van der Waals surface area contributed by atoms with E-state index >= 15 is 0 Å². The average Bonchev–Trinajstić information content (AvgIpc) is 4.25. The molecule has 5 aliphatic heterocycles. The monoisotopic (exact) mass is 1090 g/mol. The van der Waals surface area contributed by atoms with E-state index in [1.165, 1.54) is 23.6 Å². The van der Waals surface area contributed by atoms with Gasteiger partial charge in [0.05, 0.1) is 80.0 Å². The smallest absolute Gasteiger partial charge is 0.261 e. The number of thioether (sulfide) groups is 1. The number of carbonyl (C=O) groups is 5. The van der Waals surface area contributed by atoms with Crippen LogP contribution in [-0.2, 0) is 54.6 Å². The van der Waals surface area contributed by atoms with Crippen molar-refractivity contribution in [3.63, 3.8) is 0 Å². The molecule has 4 amide bonds. The number of carbonyl (C=O) groups excluding carboxylic acids is 5. The first-order valence-electron chi connectivity index (χ1n) is 27.0. The number of fused-ring (bicyclic) bond motifs is 8. The van der Waals surface area contributed by atoms with Crippen molar-refractivity contribution in [3.05, 3.63) is 130 Å². The fourth-order valence-electron chi connectivity index (χ4n) is 11.1. The van der Waals surface area contributed by atoms with E-state index in [0.29, 0.717) is 98.8 Å². The van der Waals surface area contributed by atoms with Crippen molar-refractivity contribution < 1.29 is 52.4 Å². The minimum absolute atomic E-state index is 0.0123. The Morgan fingerprint density at radius 2 is 1.43 bits per heavy atom. The minimum atomic E-state index is -0.606. The van der Waals surface area contributed by atoms with Crippen molar-refractivity contribution in [2.75, 3.05) is 93.4 Å². The predicted octanol–water partition coefficient (Wildman–Crippen LogP) is 8.55. The van der Waals surface area contributed by atoms with Crippen LogP contribution >= 0.6 is 11.8 Å². The molecule has 0 aromatic heterocycles. The SMILES string of the molecule is COCCOCCOCCN(CC(C)(C)SC1CC(=O)N(CCC(C)=O)C1=O)c1cc(COc2cc3c(cc2C)C(=O)N2c4ccccc4C[C@H]2CN3)cc(COc2cc3c(cc2OC)C(=O)N2c4ccccc4C[C@H]2C=N3)c1. The Morgan fingerprint density at radius 1 is 0.759 bits per heavy atom.